The number of nitrogens with one attached hydrogen (secondary N) is 1. The lowest BCUT2D eigenvalue weighted by molar-refractivity contribution is -0.117. The number of aryl methyl sites for hydroxylation is 1. The van der Waals surface area contributed by atoms with Crippen molar-refractivity contribution >= 4 is 17.4 Å². The number of amides is 1. The van der Waals surface area contributed by atoms with Crippen LogP contribution in [0.4, 0.5) is 11.5 Å². The largest absolute Gasteiger partial charge is 0.370 e. The lowest BCUT2D eigenvalue weighted by Crippen LogP contribution is -2.11. The molecule has 1 amide bonds. The number of nitrogens with two attached hydrogens (primary N) is 1. The van der Waals surface area contributed by atoms with Gasteiger partial charge in [0.05, 0.1) is 0 Å². The zero-order chi connectivity index (χ0) is 14.4. The smallest absolute Gasteiger partial charge is 0.217 e. The summed E-state index contributed by atoms with van der Waals surface area (Å²) in [6.45, 7) is 0. The first-order valence-corrected chi connectivity index (χ1v) is 6.04. The molecule has 3 N–H and O–H groups in total. The molecule has 0 aliphatic rings. The minimum absolute atomic E-state index is 0.241. The Bertz CT molecular complexity index is 645. The highest BCUT2D eigenvalue weighted by Gasteiger charge is 2.04. The normalized spacial score (nSPS) is 9.75. The molecule has 0 aliphatic heterocycles. The Balaban J connectivity index is 2.07. The van der Waals surface area contributed by atoms with Crippen LogP contribution in [-0.2, 0) is 11.2 Å². The van der Waals surface area contributed by atoms with Crippen molar-refractivity contribution in [2.75, 3.05) is 5.32 Å². The number of hydrogen-bond acceptors (Lipinski definition) is 5. The van der Waals surface area contributed by atoms with E-state index in [2.05, 4.69) is 15.3 Å². The first-order chi connectivity index (χ1) is 9.69. The predicted molar refractivity (Wildman–Crippen MR) is 74.0 cm³/mol. The first kappa shape index (κ1) is 13.5. The molecule has 0 radical (unpaired) electrons. The van der Waals surface area contributed by atoms with Crippen LogP contribution in [-0.4, -0.2) is 15.9 Å². The fourth-order valence-corrected chi connectivity index (χ4v) is 1.67. The molecule has 1 aromatic carbocycles. The number of carbonyl (C=O) groups is 1. The Morgan fingerprint density at radius 2 is 1.95 bits per heavy atom. The Hall–Kier alpha value is -2.94. The second-order valence-electron chi connectivity index (χ2n) is 4.15. The van der Waals surface area contributed by atoms with Crippen molar-refractivity contribution in [3.63, 3.8) is 0 Å². The summed E-state index contributed by atoms with van der Waals surface area (Å²) in [5.74, 6) is 0.102. The van der Waals surface area contributed by atoms with Gasteiger partial charge in [-0.2, -0.15) is 5.26 Å². The number of anilines is 2. The number of nitriles is 1. The molecule has 1 aromatic heterocycles. The van der Waals surface area contributed by atoms with E-state index in [-0.39, 0.29) is 11.6 Å². The third-order valence-electron chi connectivity index (χ3n) is 2.68. The van der Waals surface area contributed by atoms with Crippen molar-refractivity contribution < 1.29 is 4.79 Å². The van der Waals surface area contributed by atoms with Crippen LogP contribution in [0.25, 0.3) is 0 Å². The van der Waals surface area contributed by atoms with Crippen LogP contribution in [0.15, 0.2) is 36.7 Å². The van der Waals surface area contributed by atoms with Crippen molar-refractivity contribution in [3.8, 4) is 6.07 Å². The van der Waals surface area contributed by atoms with Crippen molar-refractivity contribution in [2.24, 2.45) is 5.73 Å². The number of aromatic nitrogens is 2. The molecule has 0 saturated heterocycles. The van der Waals surface area contributed by atoms with Crippen molar-refractivity contribution in [1.82, 2.24) is 9.97 Å². The highest BCUT2D eigenvalue weighted by Crippen LogP contribution is 2.17. The van der Waals surface area contributed by atoms with Crippen LogP contribution in [0.1, 0.15) is 17.7 Å². The third kappa shape index (κ3) is 3.53. The molecule has 0 saturated carbocycles. The topological polar surface area (TPSA) is 105 Å². The van der Waals surface area contributed by atoms with Crippen LogP contribution in [0, 0.1) is 11.3 Å². The molecule has 0 unspecified atom stereocenters. The fourth-order valence-electron chi connectivity index (χ4n) is 1.67. The maximum atomic E-state index is 10.7. The molecule has 100 valence electrons. The lowest BCUT2D eigenvalue weighted by Gasteiger charge is -2.07. The molecule has 0 atom stereocenters. The Morgan fingerprint density at radius 3 is 2.60 bits per heavy atom. The van der Waals surface area contributed by atoms with Gasteiger partial charge in [-0.05, 0) is 24.1 Å². The number of primary amides is 1. The summed E-state index contributed by atoms with van der Waals surface area (Å²) in [7, 11) is 0. The first-order valence-electron chi connectivity index (χ1n) is 6.04. The molecule has 20 heavy (non-hydrogen) atoms. The number of carbonyl (C=O) groups excluding carboxylic acids is 1. The number of rotatable bonds is 5. The number of nitrogens with zero attached hydrogens (tertiary/aromatic N) is 3. The molecule has 0 aliphatic carbocycles. The molecule has 2 rings (SSSR count). The fraction of sp³-hybridized carbons (Fsp3) is 0.143. The lowest BCUT2D eigenvalue weighted by atomic mass is 10.1. The van der Waals surface area contributed by atoms with Crippen molar-refractivity contribution in [1.29, 1.82) is 5.26 Å². The van der Waals surface area contributed by atoms with Gasteiger partial charge in [-0.1, -0.05) is 12.1 Å². The molecule has 6 nitrogen and oxygen atoms in total. The summed E-state index contributed by atoms with van der Waals surface area (Å²) >= 11 is 0. The third-order valence-corrected chi connectivity index (χ3v) is 2.68. The van der Waals surface area contributed by atoms with Gasteiger partial charge in [-0.15, -0.1) is 0 Å². The van der Waals surface area contributed by atoms with Crippen molar-refractivity contribution in [2.45, 2.75) is 12.8 Å². The second kappa shape index (κ2) is 6.29. The summed E-state index contributed by atoms with van der Waals surface area (Å²) < 4.78 is 0. The standard InChI is InChI=1S/C14H13N5O/c15-9-12-14(18-8-7-17-12)19-11-4-1-10(2-5-11)3-6-13(16)20/h1-2,4-5,7-8H,3,6H2,(H2,16,20)(H,18,19). The van der Waals surface area contributed by atoms with E-state index >= 15 is 0 Å². The van der Waals surface area contributed by atoms with Gasteiger partial charge < -0.3 is 11.1 Å². The van der Waals surface area contributed by atoms with E-state index in [1.807, 2.05) is 30.3 Å². The minimum Gasteiger partial charge on any atom is -0.370 e. The van der Waals surface area contributed by atoms with E-state index in [0.717, 1.165) is 11.3 Å². The zero-order valence-electron chi connectivity index (χ0n) is 10.7. The maximum Gasteiger partial charge on any atom is 0.217 e. The molecular weight excluding hydrogens is 254 g/mol. The van der Waals surface area contributed by atoms with Crippen LogP contribution < -0.4 is 11.1 Å². The molecule has 0 bridgehead atoms. The van der Waals surface area contributed by atoms with Gasteiger partial charge in [-0.3, -0.25) is 4.79 Å². The summed E-state index contributed by atoms with van der Waals surface area (Å²) in [6.07, 6.45) is 3.93. The van der Waals surface area contributed by atoms with Gasteiger partial charge in [0.2, 0.25) is 5.91 Å². The quantitative estimate of drug-likeness (QED) is 0.854. The Labute approximate surface area is 116 Å². The molecule has 2 aromatic rings. The average Bonchev–Trinajstić information content (AvgIpc) is 2.47. The minimum atomic E-state index is -0.314. The highest BCUT2D eigenvalue weighted by molar-refractivity contribution is 5.74. The Kier molecular flexibility index (Phi) is 4.24. The van der Waals surface area contributed by atoms with E-state index in [1.54, 1.807) is 0 Å². The summed E-state index contributed by atoms with van der Waals surface area (Å²) in [6, 6.07) is 9.47. The monoisotopic (exact) mass is 267 g/mol. The summed E-state index contributed by atoms with van der Waals surface area (Å²) in [5, 5.41) is 12.0. The van der Waals surface area contributed by atoms with Crippen LogP contribution in [0.5, 0.6) is 0 Å². The van der Waals surface area contributed by atoms with Gasteiger partial charge in [0.15, 0.2) is 11.5 Å². The maximum absolute atomic E-state index is 10.7. The van der Waals surface area contributed by atoms with Gasteiger partial charge in [-0.25, -0.2) is 9.97 Å². The molecule has 1 heterocycles. The number of benzene rings is 1. The zero-order valence-corrected chi connectivity index (χ0v) is 10.7. The average molecular weight is 267 g/mol. The van der Waals surface area contributed by atoms with E-state index in [4.69, 9.17) is 11.0 Å². The predicted octanol–water partition coefficient (Wildman–Crippen LogP) is 1.51. The van der Waals surface area contributed by atoms with Gasteiger partial charge in [0, 0.05) is 24.5 Å². The summed E-state index contributed by atoms with van der Waals surface area (Å²) in [5.41, 5.74) is 7.17. The van der Waals surface area contributed by atoms with Gasteiger partial charge in [0.25, 0.3) is 0 Å². The molecule has 0 spiro atoms. The SMILES string of the molecule is N#Cc1nccnc1Nc1ccc(CCC(N)=O)cc1. The van der Waals surface area contributed by atoms with E-state index in [0.29, 0.717) is 18.7 Å². The van der Waals surface area contributed by atoms with E-state index in [9.17, 15) is 4.79 Å². The van der Waals surface area contributed by atoms with E-state index < -0.39 is 0 Å². The Morgan fingerprint density at radius 1 is 1.25 bits per heavy atom. The number of hydrogen-bond donors (Lipinski definition) is 2. The molecule has 6 heteroatoms. The second-order valence-corrected chi connectivity index (χ2v) is 4.15. The van der Waals surface area contributed by atoms with Crippen LogP contribution in [0.2, 0.25) is 0 Å². The van der Waals surface area contributed by atoms with Crippen LogP contribution in [0.3, 0.4) is 0 Å². The summed E-state index contributed by atoms with van der Waals surface area (Å²) in [4.78, 5) is 18.7. The van der Waals surface area contributed by atoms with Crippen molar-refractivity contribution in [3.05, 3.63) is 47.9 Å². The molecular formula is C14H13N5O. The highest BCUT2D eigenvalue weighted by atomic mass is 16.1. The van der Waals surface area contributed by atoms with Gasteiger partial charge >= 0.3 is 0 Å². The van der Waals surface area contributed by atoms with E-state index in [1.165, 1.54) is 12.4 Å². The van der Waals surface area contributed by atoms with Crippen LogP contribution >= 0.6 is 0 Å². The van der Waals surface area contributed by atoms with Gasteiger partial charge in [0.1, 0.15) is 6.07 Å². The molecule has 0 fully saturated rings.